The van der Waals surface area contributed by atoms with E-state index in [2.05, 4.69) is 11.9 Å². The summed E-state index contributed by atoms with van der Waals surface area (Å²) in [6.45, 7) is 4.98. The van der Waals surface area contributed by atoms with E-state index in [0.717, 1.165) is 42.2 Å². The third-order valence-corrected chi connectivity index (χ3v) is 6.35. The molecule has 0 aromatic carbocycles. The molecule has 1 aromatic heterocycles. The molecular weight excluding hydrogens is 324 g/mol. The summed E-state index contributed by atoms with van der Waals surface area (Å²) in [6, 6.07) is 4.50. The normalized spacial score (nSPS) is 26.6. The third kappa shape index (κ3) is 3.99. The van der Waals surface area contributed by atoms with Crippen molar-refractivity contribution in [1.29, 1.82) is 0 Å². The molecule has 3 heterocycles. The summed E-state index contributed by atoms with van der Waals surface area (Å²) in [5, 5.41) is 10.6. The van der Waals surface area contributed by atoms with Crippen LogP contribution in [0.1, 0.15) is 40.2 Å². The number of hydrogen-bond acceptors (Lipinski definition) is 5. The Kier molecular flexibility index (Phi) is 5.92. The van der Waals surface area contributed by atoms with Crippen molar-refractivity contribution in [1.82, 2.24) is 9.80 Å². The second kappa shape index (κ2) is 7.95. The number of aliphatic hydroxyl groups is 1. The van der Waals surface area contributed by atoms with Crippen LogP contribution in [0.5, 0.6) is 0 Å². The molecule has 2 fully saturated rings. The molecule has 134 valence electrons. The summed E-state index contributed by atoms with van der Waals surface area (Å²) >= 11 is 1.55. The highest BCUT2D eigenvalue weighted by Crippen LogP contribution is 2.24. The minimum Gasteiger partial charge on any atom is -0.391 e. The molecule has 1 N–H and O–H groups in total. The number of nitrogens with zero attached hydrogens (tertiary/aromatic N) is 2. The van der Waals surface area contributed by atoms with E-state index in [1.165, 1.54) is 0 Å². The lowest BCUT2D eigenvalue weighted by molar-refractivity contribution is -0.00758. The molecule has 2 aliphatic rings. The molecule has 3 rings (SSSR count). The molecular formula is C18H28N2O3S. The van der Waals surface area contributed by atoms with Crippen LogP contribution in [0.4, 0.5) is 0 Å². The first-order valence-electron chi connectivity index (χ1n) is 8.89. The van der Waals surface area contributed by atoms with Crippen molar-refractivity contribution < 1.29 is 14.6 Å². The summed E-state index contributed by atoms with van der Waals surface area (Å²) in [6.07, 6.45) is 3.15. The van der Waals surface area contributed by atoms with Crippen LogP contribution in [0, 0.1) is 6.92 Å². The summed E-state index contributed by atoms with van der Waals surface area (Å²) in [4.78, 5) is 18.9. The van der Waals surface area contributed by atoms with Gasteiger partial charge in [0.25, 0.3) is 5.91 Å². The molecule has 0 spiro atoms. The zero-order valence-corrected chi connectivity index (χ0v) is 15.4. The fourth-order valence-corrected chi connectivity index (χ4v) is 4.65. The molecule has 5 nitrogen and oxygen atoms in total. The van der Waals surface area contributed by atoms with E-state index in [1.54, 1.807) is 11.3 Å². The van der Waals surface area contributed by atoms with Crippen LogP contribution < -0.4 is 0 Å². The molecule has 1 aromatic rings. The van der Waals surface area contributed by atoms with Crippen LogP contribution >= 0.6 is 11.3 Å². The number of carbonyl (C=O) groups is 1. The van der Waals surface area contributed by atoms with Gasteiger partial charge in [0.15, 0.2) is 0 Å². The first-order chi connectivity index (χ1) is 11.6. The van der Waals surface area contributed by atoms with Crippen LogP contribution in [0.15, 0.2) is 12.1 Å². The molecule has 0 aliphatic carbocycles. The molecule has 24 heavy (non-hydrogen) atoms. The molecule has 2 atom stereocenters. The lowest BCUT2D eigenvalue weighted by Gasteiger charge is -2.38. The van der Waals surface area contributed by atoms with Gasteiger partial charge in [-0.1, -0.05) is 0 Å². The first-order valence-corrected chi connectivity index (χ1v) is 9.71. The molecule has 0 saturated carbocycles. The highest BCUT2D eigenvalue weighted by atomic mass is 32.1. The van der Waals surface area contributed by atoms with Crippen molar-refractivity contribution in [2.45, 2.75) is 50.8 Å². The zero-order valence-electron chi connectivity index (χ0n) is 14.6. The van der Waals surface area contributed by atoms with Crippen LogP contribution in [0.2, 0.25) is 0 Å². The second-order valence-electron chi connectivity index (χ2n) is 6.92. The number of ether oxygens (including phenoxy) is 1. The minimum absolute atomic E-state index is 0.106. The number of rotatable bonds is 3. The Morgan fingerprint density at radius 1 is 1.25 bits per heavy atom. The molecule has 0 radical (unpaired) electrons. The number of aliphatic hydroxyl groups excluding tert-OH is 1. The monoisotopic (exact) mass is 352 g/mol. The Hall–Kier alpha value is -0.950. The van der Waals surface area contributed by atoms with Gasteiger partial charge >= 0.3 is 0 Å². The molecule has 2 aliphatic heterocycles. The van der Waals surface area contributed by atoms with Gasteiger partial charge in [0.1, 0.15) is 0 Å². The lowest BCUT2D eigenvalue weighted by Crippen LogP contribution is -2.48. The van der Waals surface area contributed by atoms with Gasteiger partial charge < -0.3 is 14.7 Å². The van der Waals surface area contributed by atoms with Crippen LogP contribution in [0.25, 0.3) is 0 Å². The van der Waals surface area contributed by atoms with Crippen molar-refractivity contribution >= 4 is 17.2 Å². The van der Waals surface area contributed by atoms with Gasteiger partial charge in [0.05, 0.1) is 11.0 Å². The Labute approximate surface area is 148 Å². The van der Waals surface area contributed by atoms with Gasteiger partial charge in [-0.2, -0.15) is 0 Å². The highest BCUT2D eigenvalue weighted by Gasteiger charge is 2.33. The smallest absolute Gasteiger partial charge is 0.263 e. The fraction of sp³-hybridized carbons (Fsp3) is 0.722. The Bertz CT molecular complexity index is 556. The summed E-state index contributed by atoms with van der Waals surface area (Å²) in [5.74, 6) is 0.106. The molecule has 1 amide bonds. The van der Waals surface area contributed by atoms with E-state index in [-0.39, 0.29) is 18.1 Å². The molecule has 6 heteroatoms. The van der Waals surface area contributed by atoms with Crippen molar-refractivity contribution in [3.05, 3.63) is 21.9 Å². The number of likely N-dealkylation sites (N-methyl/N-ethyl adjacent to an activating group) is 1. The van der Waals surface area contributed by atoms with Gasteiger partial charge in [0.2, 0.25) is 0 Å². The number of amides is 1. The minimum atomic E-state index is -0.374. The average Bonchev–Trinajstić information content (AvgIpc) is 2.94. The summed E-state index contributed by atoms with van der Waals surface area (Å²) in [7, 11) is 2.12. The SMILES string of the molecule is Cc1ccc(C(=O)N2CC[C@H](O)[C@@H](N(C)C3CCOCC3)CC2)s1. The maximum absolute atomic E-state index is 12.7. The lowest BCUT2D eigenvalue weighted by atomic mass is 9.99. The Balaban J connectivity index is 1.63. The van der Waals surface area contributed by atoms with Crippen LogP contribution in [0.3, 0.4) is 0 Å². The van der Waals surface area contributed by atoms with Crippen LogP contribution in [-0.4, -0.2) is 72.4 Å². The summed E-state index contributed by atoms with van der Waals surface area (Å²) < 4.78 is 5.45. The topological polar surface area (TPSA) is 53.0 Å². The Morgan fingerprint density at radius 2 is 1.96 bits per heavy atom. The van der Waals surface area contributed by atoms with E-state index >= 15 is 0 Å². The van der Waals surface area contributed by atoms with Gasteiger partial charge in [-0.15, -0.1) is 11.3 Å². The zero-order chi connectivity index (χ0) is 17.1. The van der Waals surface area contributed by atoms with Crippen molar-refractivity contribution in [3.8, 4) is 0 Å². The predicted octanol–water partition coefficient (Wildman–Crippen LogP) is 2.13. The van der Waals surface area contributed by atoms with Crippen LogP contribution in [-0.2, 0) is 4.74 Å². The van der Waals surface area contributed by atoms with E-state index in [4.69, 9.17) is 4.74 Å². The summed E-state index contributed by atoms with van der Waals surface area (Å²) in [5.41, 5.74) is 0. The van der Waals surface area contributed by atoms with Crippen molar-refractivity contribution in [2.24, 2.45) is 0 Å². The van der Waals surface area contributed by atoms with E-state index < -0.39 is 0 Å². The van der Waals surface area contributed by atoms with Gasteiger partial charge in [-0.25, -0.2) is 0 Å². The Morgan fingerprint density at radius 3 is 2.62 bits per heavy atom. The largest absolute Gasteiger partial charge is 0.391 e. The fourth-order valence-electron chi connectivity index (χ4n) is 3.82. The maximum Gasteiger partial charge on any atom is 0.263 e. The predicted molar refractivity (Wildman–Crippen MR) is 95.6 cm³/mol. The number of thiophene rings is 1. The van der Waals surface area contributed by atoms with Crippen molar-refractivity contribution in [3.63, 3.8) is 0 Å². The number of likely N-dealkylation sites (tertiary alicyclic amines) is 1. The first kappa shape index (κ1) is 17.9. The number of carbonyl (C=O) groups excluding carboxylic acids is 1. The standard InChI is InChI=1S/C18H28N2O3S/c1-13-3-4-17(24-13)18(22)20-9-5-15(16(21)6-10-20)19(2)14-7-11-23-12-8-14/h3-4,14-16,21H,5-12H2,1-2H3/t15-,16-/m0/s1. The van der Waals surface area contributed by atoms with Gasteiger partial charge in [0, 0.05) is 43.3 Å². The van der Waals surface area contributed by atoms with E-state index in [9.17, 15) is 9.90 Å². The van der Waals surface area contributed by atoms with E-state index in [1.807, 2.05) is 24.0 Å². The molecule has 0 unspecified atom stereocenters. The number of hydrogen-bond donors (Lipinski definition) is 1. The quantitative estimate of drug-likeness (QED) is 0.905. The average molecular weight is 353 g/mol. The maximum atomic E-state index is 12.7. The molecule has 0 bridgehead atoms. The van der Waals surface area contributed by atoms with Gasteiger partial charge in [-0.05, 0) is 51.8 Å². The molecule has 2 saturated heterocycles. The number of aryl methyl sites for hydroxylation is 1. The van der Waals surface area contributed by atoms with Crippen molar-refractivity contribution in [2.75, 3.05) is 33.4 Å². The third-order valence-electron chi connectivity index (χ3n) is 5.36. The van der Waals surface area contributed by atoms with E-state index in [0.29, 0.717) is 25.6 Å². The van der Waals surface area contributed by atoms with Gasteiger partial charge in [-0.3, -0.25) is 9.69 Å². The highest BCUT2D eigenvalue weighted by molar-refractivity contribution is 7.13. The second-order valence-corrected chi connectivity index (χ2v) is 8.21.